The summed E-state index contributed by atoms with van der Waals surface area (Å²) in [5, 5.41) is 48.0. The lowest BCUT2D eigenvalue weighted by Gasteiger charge is -2.25. The predicted molar refractivity (Wildman–Crippen MR) is 85.3 cm³/mol. The van der Waals surface area contributed by atoms with E-state index in [0.29, 0.717) is 12.0 Å². The molecule has 0 saturated carbocycles. The molecule has 7 N–H and O–H groups in total. The maximum atomic E-state index is 10.3. The zero-order valence-corrected chi connectivity index (χ0v) is 12.7. The normalized spacial score (nSPS) is 15.1. The van der Waals surface area contributed by atoms with Crippen LogP contribution in [0.4, 0.5) is 0 Å². The molecule has 6 heteroatoms. The molecule has 0 aliphatic carbocycles. The number of nitrogens with two attached hydrogens (primary N) is 1. The van der Waals surface area contributed by atoms with E-state index in [4.69, 9.17) is 5.73 Å². The fraction of sp³-hybridized carbons (Fsp3) is 0.294. The van der Waals surface area contributed by atoms with Crippen molar-refractivity contribution >= 4 is 0 Å². The van der Waals surface area contributed by atoms with Gasteiger partial charge in [0.15, 0.2) is 23.0 Å². The SMILES string of the molecule is CC(Cc1ccc(O)c(O)c1)[C@@H](N)[C@H](O)c1ccc(O)c(O)c1. The van der Waals surface area contributed by atoms with Crippen molar-refractivity contribution in [1.82, 2.24) is 0 Å². The number of aliphatic hydroxyl groups excluding tert-OH is 1. The number of aromatic hydroxyl groups is 4. The number of aliphatic hydroxyl groups is 1. The number of hydrogen-bond donors (Lipinski definition) is 6. The van der Waals surface area contributed by atoms with Gasteiger partial charge in [-0.15, -0.1) is 0 Å². The van der Waals surface area contributed by atoms with Crippen molar-refractivity contribution in [2.24, 2.45) is 11.7 Å². The van der Waals surface area contributed by atoms with Crippen LogP contribution in [0.5, 0.6) is 23.0 Å². The molecule has 1 unspecified atom stereocenters. The van der Waals surface area contributed by atoms with Crippen LogP contribution in [-0.2, 0) is 6.42 Å². The first-order chi connectivity index (χ1) is 10.8. The van der Waals surface area contributed by atoms with Gasteiger partial charge in [-0.2, -0.15) is 0 Å². The summed E-state index contributed by atoms with van der Waals surface area (Å²) in [6, 6.07) is 7.99. The Hall–Kier alpha value is -2.44. The number of benzene rings is 2. The molecular formula is C17H21NO5. The molecule has 0 aliphatic rings. The Labute approximate surface area is 134 Å². The van der Waals surface area contributed by atoms with Crippen LogP contribution >= 0.6 is 0 Å². The number of phenolic OH excluding ortho intramolecular Hbond substituents is 4. The van der Waals surface area contributed by atoms with Gasteiger partial charge in [-0.05, 0) is 47.7 Å². The summed E-state index contributed by atoms with van der Waals surface area (Å²) < 4.78 is 0. The van der Waals surface area contributed by atoms with E-state index in [9.17, 15) is 25.5 Å². The minimum absolute atomic E-state index is 0.134. The first kappa shape index (κ1) is 16.9. The largest absolute Gasteiger partial charge is 0.504 e. The van der Waals surface area contributed by atoms with Crippen molar-refractivity contribution in [3.05, 3.63) is 47.5 Å². The summed E-state index contributed by atoms with van der Waals surface area (Å²) in [4.78, 5) is 0. The van der Waals surface area contributed by atoms with Gasteiger partial charge in [0.2, 0.25) is 0 Å². The molecular weight excluding hydrogens is 298 g/mol. The Morgan fingerprint density at radius 1 is 0.870 bits per heavy atom. The van der Waals surface area contributed by atoms with Crippen molar-refractivity contribution in [1.29, 1.82) is 0 Å². The summed E-state index contributed by atoms with van der Waals surface area (Å²) >= 11 is 0. The van der Waals surface area contributed by atoms with E-state index in [-0.39, 0.29) is 28.9 Å². The van der Waals surface area contributed by atoms with Crippen LogP contribution in [0.1, 0.15) is 24.2 Å². The highest BCUT2D eigenvalue weighted by molar-refractivity contribution is 5.42. The number of hydrogen-bond acceptors (Lipinski definition) is 6. The van der Waals surface area contributed by atoms with Crippen molar-refractivity contribution < 1.29 is 25.5 Å². The molecule has 124 valence electrons. The summed E-state index contributed by atoms with van der Waals surface area (Å²) in [7, 11) is 0. The predicted octanol–water partition coefficient (Wildman–Crippen LogP) is 1.75. The third-order valence-electron chi connectivity index (χ3n) is 3.96. The molecule has 0 radical (unpaired) electrons. The smallest absolute Gasteiger partial charge is 0.157 e. The van der Waals surface area contributed by atoms with Crippen LogP contribution in [-0.4, -0.2) is 31.6 Å². The fourth-order valence-corrected chi connectivity index (χ4v) is 2.46. The molecule has 0 bridgehead atoms. The van der Waals surface area contributed by atoms with E-state index in [1.807, 2.05) is 6.92 Å². The highest BCUT2D eigenvalue weighted by Gasteiger charge is 2.24. The van der Waals surface area contributed by atoms with E-state index in [2.05, 4.69) is 0 Å². The Balaban J connectivity index is 2.09. The first-order valence-corrected chi connectivity index (χ1v) is 7.26. The summed E-state index contributed by atoms with van der Waals surface area (Å²) in [5.74, 6) is -1.10. The third-order valence-corrected chi connectivity index (χ3v) is 3.96. The maximum Gasteiger partial charge on any atom is 0.157 e. The highest BCUT2D eigenvalue weighted by atomic mass is 16.3. The van der Waals surface area contributed by atoms with Gasteiger partial charge in [0.1, 0.15) is 0 Å². The molecule has 0 aromatic heterocycles. The topological polar surface area (TPSA) is 127 Å². The van der Waals surface area contributed by atoms with Gasteiger partial charge in [-0.25, -0.2) is 0 Å². The van der Waals surface area contributed by atoms with Crippen LogP contribution < -0.4 is 5.73 Å². The van der Waals surface area contributed by atoms with Gasteiger partial charge < -0.3 is 31.3 Å². The van der Waals surface area contributed by atoms with E-state index in [1.54, 1.807) is 6.07 Å². The second-order valence-electron chi connectivity index (χ2n) is 5.77. The minimum atomic E-state index is -1.01. The summed E-state index contributed by atoms with van der Waals surface area (Å²) in [6.45, 7) is 1.86. The first-order valence-electron chi connectivity index (χ1n) is 7.26. The molecule has 3 atom stereocenters. The lowest BCUT2D eigenvalue weighted by Crippen LogP contribution is -2.36. The van der Waals surface area contributed by atoms with Gasteiger partial charge >= 0.3 is 0 Å². The molecule has 0 saturated heterocycles. The standard InChI is InChI=1S/C17H21NO5/c1-9(6-10-2-4-12(19)14(21)7-10)16(18)17(23)11-3-5-13(20)15(22)8-11/h2-5,7-9,16-17,19-23H,6,18H2,1H3/t9?,16-,17-/m1/s1. The van der Waals surface area contributed by atoms with Crippen molar-refractivity contribution in [3.8, 4) is 23.0 Å². The molecule has 2 aromatic rings. The second-order valence-corrected chi connectivity index (χ2v) is 5.77. The Bertz CT molecular complexity index is 689. The van der Waals surface area contributed by atoms with E-state index in [1.165, 1.54) is 30.3 Å². The quantitative estimate of drug-likeness (QED) is 0.466. The van der Waals surface area contributed by atoms with Crippen molar-refractivity contribution in [2.45, 2.75) is 25.5 Å². The monoisotopic (exact) mass is 319 g/mol. The van der Waals surface area contributed by atoms with Crippen LogP contribution in [0, 0.1) is 5.92 Å². The molecule has 0 spiro atoms. The average Bonchev–Trinajstić information content (AvgIpc) is 2.52. The molecule has 0 aliphatic heterocycles. The molecule has 6 nitrogen and oxygen atoms in total. The Morgan fingerprint density at radius 2 is 1.43 bits per heavy atom. The Kier molecular flexibility index (Phi) is 4.98. The summed E-state index contributed by atoms with van der Waals surface area (Å²) in [5.41, 5.74) is 7.28. The second kappa shape index (κ2) is 6.76. The van der Waals surface area contributed by atoms with Gasteiger partial charge in [-0.3, -0.25) is 0 Å². The lowest BCUT2D eigenvalue weighted by molar-refractivity contribution is 0.121. The fourth-order valence-electron chi connectivity index (χ4n) is 2.46. The Morgan fingerprint density at radius 3 is 2.00 bits per heavy atom. The molecule has 2 aromatic carbocycles. The van der Waals surface area contributed by atoms with Crippen LogP contribution in [0.2, 0.25) is 0 Å². The van der Waals surface area contributed by atoms with Gasteiger partial charge in [0.05, 0.1) is 6.10 Å². The van der Waals surface area contributed by atoms with Gasteiger partial charge in [0, 0.05) is 6.04 Å². The minimum Gasteiger partial charge on any atom is -0.504 e. The number of phenols is 4. The van der Waals surface area contributed by atoms with Crippen molar-refractivity contribution in [2.75, 3.05) is 0 Å². The molecule has 23 heavy (non-hydrogen) atoms. The maximum absolute atomic E-state index is 10.3. The van der Waals surface area contributed by atoms with E-state index < -0.39 is 12.1 Å². The average molecular weight is 319 g/mol. The lowest BCUT2D eigenvalue weighted by atomic mass is 9.88. The van der Waals surface area contributed by atoms with Crippen LogP contribution in [0.15, 0.2) is 36.4 Å². The van der Waals surface area contributed by atoms with Crippen LogP contribution in [0.25, 0.3) is 0 Å². The molecule has 0 fully saturated rings. The van der Waals surface area contributed by atoms with Crippen LogP contribution in [0.3, 0.4) is 0 Å². The number of rotatable bonds is 5. The van der Waals surface area contributed by atoms with E-state index in [0.717, 1.165) is 5.56 Å². The van der Waals surface area contributed by atoms with Gasteiger partial charge in [0.25, 0.3) is 0 Å². The third kappa shape index (κ3) is 3.85. The zero-order chi connectivity index (χ0) is 17.1. The van der Waals surface area contributed by atoms with Crippen molar-refractivity contribution in [3.63, 3.8) is 0 Å². The van der Waals surface area contributed by atoms with Gasteiger partial charge in [-0.1, -0.05) is 19.1 Å². The summed E-state index contributed by atoms with van der Waals surface area (Å²) in [6.07, 6.45) is -0.516. The van der Waals surface area contributed by atoms with E-state index >= 15 is 0 Å². The highest BCUT2D eigenvalue weighted by Crippen LogP contribution is 2.31. The molecule has 0 amide bonds. The molecule has 0 heterocycles. The zero-order valence-electron chi connectivity index (χ0n) is 12.7. The molecule has 2 rings (SSSR count).